The Morgan fingerprint density at radius 3 is 2.33 bits per heavy atom. The van der Waals surface area contributed by atoms with Crippen LogP contribution in [0.15, 0.2) is 18.2 Å². The predicted octanol–water partition coefficient (Wildman–Crippen LogP) is 3.80. The van der Waals surface area contributed by atoms with Gasteiger partial charge in [0.1, 0.15) is 11.6 Å². The van der Waals surface area contributed by atoms with Crippen LogP contribution in [0.4, 0.5) is 8.78 Å². The zero-order valence-corrected chi connectivity index (χ0v) is 11.5. The van der Waals surface area contributed by atoms with Crippen molar-refractivity contribution < 1.29 is 8.78 Å². The Morgan fingerprint density at radius 2 is 1.83 bits per heavy atom. The van der Waals surface area contributed by atoms with Gasteiger partial charge >= 0.3 is 0 Å². The van der Waals surface area contributed by atoms with Gasteiger partial charge in [-0.3, -0.25) is 4.90 Å². The molecular weight excluding hydrogens is 232 g/mol. The normalized spacial score (nSPS) is 25.7. The summed E-state index contributed by atoms with van der Waals surface area (Å²) >= 11 is 0. The zero-order chi connectivity index (χ0) is 13.5. The average Bonchev–Trinajstić information content (AvgIpc) is 2.60. The summed E-state index contributed by atoms with van der Waals surface area (Å²) in [5, 5.41) is 0. The lowest BCUT2D eigenvalue weighted by atomic mass is 9.90. The van der Waals surface area contributed by atoms with Crippen molar-refractivity contribution in [2.45, 2.75) is 39.2 Å². The Balaban J connectivity index is 2.24. The minimum absolute atomic E-state index is 0.0967. The molecule has 3 heteroatoms. The summed E-state index contributed by atoms with van der Waals surface area (Å²) in [4.78, 5) is 2.37. The van der Waals surface area contributed by atoms with Crippen LogP contribution < -0.4 is 0 Å². The molecule has 1 aliphatic rings. The molecule has 0 saturated carbocycles. The van der Waals surface area contributed by atoms with Gasteiger partial charge in [0.05, 0.1) is 0 Å². The molecule has 1 aromatic carbocycles. The number of likely N-dealkylation sites (tertiary alicyclic amines) is 1. The highest BCUT2D eigenvalue weighted by molar-refractivity contribution is 5.25. The summed E-state index contributed by atoms with van der Waals surface area (Å²) in [6.45, 7) is 10.5. The molecule has 1 aromatic rings. The first-order valence-electron chi connectivity index (χ1n) is 6.49. The number of nitrogens with zero attached hydrogens (tertiary/aromatic N) is 1. The van der Waals surface area contributed by atoms with Crippen LogP contribution in [0.3, 0.4) is 0 Å². The van der Waals surface area contributed by atoms with E-state index >= 15 is 0 Å². The van der Waals surface area contributed by atoms with E-state index < -0.39 is 11.6 Å². The molecule has 0 unspecified atom stereocenters. The van der Waals surface area contributed by atoms with Crippen LogP contribution in [0.1, 0.15) is 39.2 Å². The fourth-order valence-electron chi connectivity index (χ4n) is 2.72. The van der Waals surface area contributed by atoms with Crippen molar-refractivity contribution in [3.63, 3.8) is 0 Å². The van der Waals surface area contributed by atoms with Gasteiger partial charge in [-0.1, -0.05) is 13.0 Å². The molecule has 0 bridgehead atoms. The van der Waals surface area contributed by atoms with Crippen molar-refractivity contribution in [1.82, 2.24) is 4.90 Å². The summed E-state index contributed by atoms with van der Waals surface area (Å²) in [6.07, 6.45) is 0. The molecule has 0 aliphatic carbocycles. The SMILES string of the molecule is C[C@H]1CN(C(C)(C)C)C[C@H]1c1ccc(F)cc1F. The first-order chi connectivity index (χ1) is 8.29. The second-order valence-corrected chi connectivity index (χ2v) is 6.33. The van der Waals surface area contributed by atoms with Crippen LogP contribution in [-0.4, -0.2) is 23.5 Å². The zero-order valence-electron chi connectivity index (χ0n) is 11.5. The van der Waals surface area contributed by atoms with E-state index in [9.17, 15) is 8.78 Å². The molecule has 1 heterocycles. The van der Waals surface area contributed by atoms with Crippen LogP contribution in [0.5, 0.6) is 0 Å². The minimum atomic E-state index is -0.505. The van der Waals surface area contributed by atoms with E-state index in [1.54, 1.807) is 6.07 Å². The van der Waals surface area contributed by atoms with Crippen molar-refractivity contribution in [2.75, 3.05) is 13.1 Å². The van der Waals surface area contributed by atoms with Crippen LogP contribution in [0.25, 0.3) is 0 Å². The van der Waals surface area contributed by atoms with Gasteiger partial charge in [-0.25, -0.2) is 8.78 Å². The number of halogens is 2. The monoisotopic (exact) mass is 253 g/mol. The second-order valence-electron chi connectivity index (χ2n) is 6.33. The highest BCUT2D eigenvalue weighted by Gasteiger charge is 2.36. The van der Waals surface area contributed by atoms with Crippen molar-refractivity contribution in [1.29, 1.82) is 0 Å². The third-order valence-electron chi connectivity index (χ3n) is 3.92. The molecule has 0 aromatic heterocycles. The Labute approximate surface area is 108 Å². The summed E-state index contributed by atoms with van der Waals surface area (Å²) in [5.41, 5.74) is 0.745. The highest BCUT2D eigenvalue weighted by Crippen LogP contribution is 2.36. The lowest BCUT2D eigenvalue weighted by Crippen LogP contribution is -2.39. The molecule has 1 aliphatic heterocycles. The highest BCUT2D eigenvalue weighted by atomic mass is 19.1. The van der Waals surface area contributed by atoms with Crippen LogP contribution >= 0.6 is 0 Å². The Morgan fingerprint density at radius 1 is 1.17 bits per heavy atom. The van der Waals surface area contributed by atoms with Crippen molar-refractivity contribution in [3.8, 4) is 0 Å². The molecule has 2 rings (SSSR count). The van der Waals surface area contributed by atoms with Gasteiger partial charge in [-0.2, -0.15) is 0 Å². The van der Waals surface area contributed by atoms with E-state index in [0.29, 0.717) is 11.5 Å². The molecule has 0 radical (unpaired) electrons. The first-order valence-corrected chi connectivity index (χ1v) is 6.49. The predicted molar refractivity (Wildman–Crippen MR) is 69.6 cm³/mol. The molecule has 1 saturated heterocycles. The molecule has 0 N–H and O–H groups in total. The molecule has 1 fully saturated rings. The minimum Gasteiger partial charge on any atom is -0.298 e. The second kappa shape index (κ2) is 4.61. The standard InChI is InChI=1S/C15H21F2N/c1-10-8-18(15(2,3)4)9-13(10)12-6-5-11(16)7-14(12)17/h5-7,10,13H,8-9H2,1-4H3/t10-,13+/m0/s1. The Kier molecular flexibility index (Phi) is 3.45. The maximum Gasteiger partial charge on any atom is 0.129 e. The van der Waals surface area contributed by atoms with Crippen LogP contribution in [0, 0.1) is 17.6 Å². The van der Waals surface area contributed by atoms with E-state index in [-0.39, 0.29) is 11.5 Å². The van der Waals surface area contributed by atoms with Gasteiger partial charge in [0, 0.05) is 30.6 Å². The topological polar surface area (TPSA) is 3.24 Å². The smallest absolute Gasteiger partial charge is 0.129 e. The maximum atomic E-state index is 13.8. The van der Waals surface area contributed by atoms with E-state index in [1.807, 2.05) is 0 Å². The fraction of sp³-hybridized carbons (Fsp3) is 0.600. The molecule has 18 heavy (non-hydrogen) atoms. The summed E-state index contributed by atoms with van der Waals surface area (Å²) in [6, 6.07) is 3.94. The van der Waals surface area contributed by atoms with Crippen molar-refractivity contribution in [2.24, 2.45) is 5.92 Å². The largest absolute Gasteiger partial charge is 0.298 e. The lowest BCUT2D eigenvalue weighted by molar-refractivity contribution is 0.168. The van der Waals surface area contributed by atoms with Crippen molar-refractivity contribution in [3.05, 3.63) is 35.4 Å². The van der Waals surface area contributed by atoms with Crippen molar-refractivity contribution >= 4 is 0 Å². The van der Waals surface area contributed by atoms with E-state index in [1.165, 1.54) is 6.07 Å². The Bertz CT molecular complexity index is 437. The number of hydrogen-bond donors (Lipinski definition) is 0. The fourth-order valence-corrected chi connectivity index (χ4v) is 2.72. The van der Waals surface area contributed by atoms with Crippen LogP contribution in [-0.2, 0) is 0 Å². The number of hydrogen-bond acceptors (Lipinski definition) is 1. The summed E-state index contributed by atoms with van der Waals surface area (Å²) in [7, 11) is 0. The molecule has 0 spiro atoms. The molecule has 100 valence electrons. The van der Waals surface area contributed by atoms with E-state index in [4.69, 9.17) is 0 Å². The molecule has 1 nitrogen and oxygen atoms in total. The summed E-state index contributed by atoms with van der Waals surface area (Å²) < 4.78 is 26.8. The summed E-state index contributed by atoms with van der Waals surface area (Å²) in [5.74, 6) is -0.369. The van der Waals surface area contributed by atoms with Gasteiger partial charge in [0.25, 0.3) is 0 Å². The van der Waals surface area contributed by atoms with Gasteiger partial charge < -0.3 is 0 Å². The first kappa shape index (κ1) is 13.5. The third-order valence-corrected chi connectivity index (χ3v) is 3.92. The van der Waals surface area contributed by atoms with E-state index in [0.717, 1.165) is 19.2 Å². The average molecular weight is 253 g/mol. The van der Waals surface area contributed by atoms with Gasteiger partial charge in [-0.15, -0.1) is 0 Å². The molecular formula is C15H21F2N. The van der Waals surface area contributed by atoms with Gasteiger partial charge in [0.2, 0.25) is 0 Å². The maximum absolute atomic E-state index is 13.8. The Hall–Kier alpha value is -0.960. The third kappa shape index (κ3) is 2.56. The quantitative estimate of drug-likeness (QED) is 0.736. The van der Waals surface area contributed by atoms with Crippen LogP contribution in [0.2, 0.25) is 0 Å². The molecule has 0 amide bonds. The van der Waals surface area contributed by atoms with Gasteiger partial charge in [0.15, 0.2) is 0 Å². The number of benzene rings is 1. The number of rotatable bonds is 1. The lowest BCUT2D eigenvalue weighted by Gasteiger charge is -2.31. The van der Waals surface area contributed by atoms with E-state index in [2.05, 4.69) is 32.6 Å². The molecule has 2 atom stereocenters. The van der Waals surface area contributed by atoms with Gasteiger partial charge in [-0.05, 0) is 38.3 Å².